The Morgan fingerprint density at radius 2 is 1.79 bits per heavy atom. The van der Waals surface area contributed by atoms with Crippen LogP contribution in [-0.2, 0) is 10.2 Å². The molecule has 0 radical (unpaired) electrons. The highest BCUT2D eigenvalue weighted by Crippen LogP contribution is 2.32. The van der Waals surface area contributed by atoms with Crippen LogP contribution >= 0.6 is 0 Å². The molecule has 0 spiro atoms. The van der Waals surface area contributed by atoms with Crippen LogP contribution in [0.5, 0.6) is 0 Å². The first-order valence-corrected chi connectivity index (χ1v) is 8.11. The summed E-state index contributed by atoms with van der Waals surface area (Å²) in [5, 5.41) is 7.74. The second-order valence-electron chi connectivity index (χ2n) is 6.64. The zero-order valence-corrected chi connectivity index (χ0v) is 13.0. The molecule has 5 N–H and O–H groups in total. The van der Waals surface area contributed by atoms with Gasteiger partial charge < -0.3 is 5.73 Å². The van der Waals surface area contributed by atoms with E-state index < -0.39 is 21.3 Å². The lowest BCUT2D eigenvalue weighted by molar-refractivity contribution is 0.284. The molecule has 1 fully saturated rings. The zero-order valence-electron chi connectivity index (χ0n) is 12.2. The molecule has 0 bridgehead atoms. The summed E-state index contributed by atoms with van der Waals surface area (Å²) in [6.07, 6.45) is 2.90. The van der Waals surface area contributed by atoms with Crippen LogP contribution in [0.25, 0.3) is 0 Å². The molecular weight excluding hydrogens is 264 g/mol. The lowest BCUT2D eigenvalue weighted by Gasteiger charge is -2.39. The monoisotopic (exact) mass is 290 g/mol. The van der Waals surface area contributed by atoms with E-state index in [0.717, 1.165) is 12.8 Å². The number of hydrogen-bond donors (Lipinski definition) is 4. The van der Waals surface area contributed by atoms with E-state index in [9.17, 15) is 8.42 Å². The van der Waals surface area contributed by atoms with Gasteiger partial charge in [0.05, 0.1) is 5.54 Å². The minimum absolute atomic E-state index is 0.0984. The highest BCUT2D eigenvalue weighted by Gasteiger charge is 2.41. The van der Waals surface area contributed by atoms with Crippen molar-refractivity contribution in [2.45, 2.75) is 64.5 Å². The maximum atomic E-state index is 12.1. The molecule has 0 aromatic carbocycles. The van der Waals surface area contributed by atoms with E-state index in [0.29, 0.717) is 18.8 Å². The standard InChI is InChI=1S/C12H26N4O2S/c1-9-5-7-12(8-6-9,10(13)14)16-19(17,18)15-11(2,3)4/h9,15-16H,5-8H2,1-4H3,(H3,13,14). The lowest BCUT2D eigenvalue weighted by atomic mass is 9.77. The minimum atomic E-state index is -3.68. The highest BCUT2D eigenvalue weighted by molar-refractivity contribution is 7.87. The number of nitrogens with two attached hydrogens (primary N) is 1. The van der Waals surface area contributed by atoms with E-state index in [2.05, 4.69) is 16.4 Å². The summed E-state index contributed by atoms with van der Waals surface area (Å²) in [6.45, 7) is 7.45. The Labute approximate surface area is 116 Å². The van der Waals surface area contributed by atoms with E-state index in [1.54, 1.807) is 20.8 Å². The molecular formula is C12H26N4O2S. The maximum absolute atomic E-state index is 12.1. The molecule has 0 aromatic heterocycles. The molecule has 0 aromatic rings. The molecule has 0 unspecified atom stereocenters. The summed E-state index contributed by atoms with van der Waals surface area (Å²) in [5.74, 6) is 0.450. The van der Waals surface area contributed by atoms with Crippen molar-refractivity contribution in [1.82, 2.24) is 9.44 Å². The Kier molecular flexibility index (Phi) is 4.64. The van der Waals surface area contributed by atoms with Crippen LogP contribution < -0.4 is 15.2 Å². The zero-order chi connectivity index (χ0) is 14.9. The SMILES string of the molecule is CC1CCC(NS(=O)(=O)NC(C)(C)C)(C(=N)N)CC1. The third-order valence-corrected chi connectivity index (χ3v) is 4.95. The van der Waals surface area contributed by atoms with Crippen molar-refractivity contribution in [1.29, 1.82) is 5.41 Å². The predicted molar refractivity (Wildman–Crippen MR) is 77.2 cm³/mol. The third kappa shape index (κ3) is 4.74. The van der Waals surface area contributed by atoms with E-state index in [1.807, 2.05) is 0 Å². The van der Waals surface area contributed by atoms with Gasteiger partial charge in [-0.1, -0.05) is 6.92 Å². The summed E-state index contributed by atoms with van der Waals surface area (Å²) in [4.78, 5) is 0. The van der Waals surface area contributed by atoms with E-state index in [1.165, 1.54) is 0 Å². The van der Waals surface area contributed by atoms with Crippen LogP contribution in [-0.4, -0.2) is 25.3 Å². The largest absolute Gasteiger partial charge is 0.386 e. The number of nitrogens with one attached hydrogen (secondary N) is 3. The van der Waals surface area contributed by atoms with Gasteiger partial charge in [0, 0.05) is 5.54 Å². The van der Waals surface area contributed by atoms with Gasteiger partial charge in [0.25, 0.3) is 10.2 Å². The number of amidine groups is 1. The number of rotatable bonds is 4. The van der Waals surface area contributed by atoms with Crippen molar-refractivity contribution in [3.63, 3.8) is 0 Å². The van der Waals surface area contributed by atoms with Gasteiger partial charge in [0.15, 0.2) is 0 Å². The summed E-state index contributed by atoms with van der Waals surface area (Å²) >= 11 is 0. The van der Waals surface area contributed by atoms with E-state index in [4.69, 9.17) is 11.1 Å². The van der Waals surface area contributed by atoms with Crippen molar-refractivity contribution >= 4 is 16.0 Å². The second-order valence-corrected chi connectivity index (χ2v) is 8.05. The normalized spacial score (nSPS) is 29.2. The fourth-order valence-electron chi connectivity index (χ4n) is 2.37. The summed E-state index contributed by atoms with van der Waals surface area (Å²) < 4.78 is 29.4. The Balaban J connectivity index is 2.89. The Morgan fingerprint density at radius 1 is 1.32 bits per heavy atom. The molecule has 0 aliphatic heterocycles. The fraction of sp³-hybridized carbons (Fsp3) is 0.917. The first-order valence-electron chi connectivity index (χ1n) is 6.63. The van der Waals surface area contributed by atoms with Crippen LogP contribution in [0.15, 0.2) is 0 Å². The average molecular weight is 290 g/mol. The van der Waals surface area contributed by atoms with Crippen LogP contribution in [0, 0.1) is 11.3 Å². The Hall–Kier alpha value is -0.660. The van der Waals surface area contributed by atoms with Crippen LogP contribution in [0.4, 0.5) is 0 Å². The van der Waals surface area contributed by atoms with Gasteiger partial charge in [-0.05, 0) is 52.4 Å². The predicted octanol–water partition coefficient (Wildman–Crippen LogP) is 1.09. The van der Waals surface area contributed by atoms with Gasteiger partial charge in [0.2, 0.25) is 0 Å². The summed E-state index contributed by atoms with van der Waals surface area (Å²) in [6, 6.07) is 0. The quantitative estimate of drug-likeness (QED) is 0.460. The molecule has 7 heteroatoms. The summed E-state index contributed by atoms with van der Waals surface area (Å²) in [5.41, 5.74) is 4.16. The van der Waals surface area contributed by atoms with Crippen LogP contribution in [0.2, 0.25) is 0 Å². The van der Waals surface area contributed by atoms with Crippen molar-refractivity contribution in [2.75, 3.05) is 0 Å². The van der Waals surface area contributed by atoms with Crippen molar-refractivity contribution in [2.24, 2.45) is 11.7 Å². The molecule has 1 saturated carbocycles. The smallest absolute Gasteiger partial charge is 0.278 e. The average Bonchev–Trinajstić information content (AvgIpc) is 2.17. The Morgan fingerprint density at radius 3 is 2.16 bits per heavy atom. The van der Waals surface area contributed by atoms with E-state index >= 15 is 0 Å². The molecule has 0 heterocycles. The Bertz CT molecular complexity index is 431. The molecule has 1 rings (SSSR count). The van der Waals surface area contributed by atoms with Crippen molar-refractivity contribution in [3.8, 4) is 0 Å². The first kappa shape index (κ1) is 16.4. The summed E-state index contributed by atoms with van der Waals surface area (Å²) in [7, 11) is -3.68. The lowest BCUT2D eigenvalue weighted by Crippen LogP contribution is -2.62. The van der Waals surface area contributed by atoms with Crippen molar-refractivity contribution in [3.05, 3.63) is 0 Å². The molecule has 19 heavy (non-hydrogen) atoms. The molecule has 1 aliphatic rings. The third-order valence-electron chi connectivity index (χ3n) is 3.41. The molecule has 1 aliphatic carbocycles. The van der Waals surface area contributed by atoms with Gasteiger partial charge in [-0.25, -0.2) is 0 Å². The van der Waals surface area contributed by atoms with Gasteiger partial charge in [-0.3, -0.25) is 5.41 Å². The molecule has 112 valence electrons. The highest BCUT2D eigenvalue weighted by atomic mass is 32.2. The second kappa shape index (κ2) is 5.38. The minimum Gasteiger partial charge on any atom is -0.386 e. The van der Waals surface area contributed by atoms with Gasteiger partial charge >= 0.3 is 0 Å². The molecule has 6 nitrogen and oxygen atoms in total. The van der Waals surface area contributed by atoms with Crippen molar-refractivity contribution < 1.29 is 8.42 Å². The van der Waals surface area contributed by atoms with Crippen LogP contribution in [0.3, 0.4) is 0 Å². The van der Waals surface area contributed by atoms with Gasteiger partial charge in [-0.15, -0.1) is 0 Å². The van der Waals surface area contributed by atoms with E-state index in [-0.39, 0.29) is 5.84 Å². The van der Waals surface area contributed by atoms with Crippen LogP contribution in [0.1, 0.15) is 53.4 Å². The van der Waals surface area contributed by atoms with Gasteiger partial charge in [0.1, 0.15) is 5.84 Å². The number of hydrogen-bond acceptors (Lipinski definition) is 3. The molecule has 0 atom stereocenters. The molecule has 0 saturated heterocycles. The topological polar surface area (TPSA) is 108 Å². The maximum Gasteiger partial charge on any atom is 0.278 e. The van der Waals surface area contributed by atoms with Gasteiger partial charge in [-0.2, -0.15) is 17.9 Å². The molecule has 0 amide bonds. The first-order chi connectivity index (χ1) is 8.46. The fourth-order valence-corrected chi connectivity index (χ4v) is 4.05.